The first-order valence-corrected chi connectivity index (χ1v) is 4.68. The van der Waals surface area contributed by atoms with Crippen LogP contribution in [0.5, 0.6) is 0 Å². The van der Waals surface area contributed by atoms with Crippen molar-refractivity contribution >= 4 is 23.5 Å². The minimum atomic E-state index is 0.517. The summed E-state index contributed by atoms with van der Waals surface area (Å²) in [4.78, 5) is 10.7. The highest BCUT2D eigenvalue weighted by atomic mass is 35.5. The molecule has 0 fully saturated rings. The molecule has 0 aliphatic heterocycles. The van der Waals surface area contributed by atoms with Crippen LogP contribution in [0.3, 0.4) is 0 Å². The van der Waals surface area contributed by atoms with Crippen molar-refractivity contribution in [1.82, 2.24) is 0 Å². The van der Waals surface area contributed by atoms with E-state index in [-0.39, 0.29) is 0 Å². The molecule has 0 N–H and O–H groups in total. The van der Waals surface area contributed by atoms with E-state index in [9.17, 15) is 4.79 Å². The van der Waals surface area contributed by atoms with Gasteiger partial charge in [0.25, 0.3) is 0 Å². The van der Waals surface area contributed by atoms with Crippen molar-refractivity contribution in [2.45, 2.75) is 6.92 Å². The van der Waals surface area contributed by atoms with Gasteiger partial charge in [-0.1, -0.05) is 23.7 Å². The molecule has 0 saturated heterocycles. The zero-order chi connectivity index (χ0) is 10.4. The summed E-state index contributed by atoms with van der Waals surface area (Å²) in [5.74, 6) is 0. The van der Waals surface area contributed by atoms with Gasteiger partial charge < -0.3 is 4.74 Å². The van der Waals surface area contributed by atoms with E-state index in [2.05, 4.69) is 0 Å². The van der Waals surface area contributed by atoms with Crippen molar-refractivity contribution in [2.75, 3.05) is 6.61 Å². The van der Waals surface area contributed by atoms with Crippen LogP contribution >= 0.6 is 11.6 Å². The van der Waals surface area contributed by atoms with Crippen LogP contribution in [0.15, 0.2) is 30.5 Å². The summed E-state index contributed by atoms with van der Waals surface area (Å²) in [5.41, 5.74) is 1.32. The lowest BCUT2D eigenvalue weighted by atomic mass is 10.1. The summed E-state index contributed by atoms with van der Waals surface area (Å²) >= 11 is 5.72. The molecule has 0 radical (unpaired) electrons. The Labute approximate surface area is 88.1 Å². The highest BCUT2D eigenvalue weighted by Crippen LogP contribution is 2.15. The fourth-order valence-corrected chi connectivity index (χ4v) is 1.11. The number of carbonyl (C=O) groups excluding carboxylic acids is 1. The molecule has 0 atom stereocenters. The molecule has 74 valence electrons. The minimum Gasteiger partial charge on any atom is -0.501 e. The Morgan fingerprint density at radius 3 is 2.57 bits per heavy atom. The first-order chi connectivity index (χ1) is 6.77. The molecule has 14 heavy (non-hydrogen) atoms. The van der Waals surface area contributed by atoms with Crippen LogP contribution in [0, 0.1) is 0 Å². The molecule has 1 aromatic rings. The first-order valence-electron chi connectivity index (χ1n) is 4.30. The van der Waals surface area contributed by atoms with Gasteiger partial charge in [0.1, 0.15) is 0 Å². The molecule has 0 bridgehead atoms. The van der Waals surface area contributed by atoms with Crippen molar-refractivity contribution < 1.29 is 9.53 Å². The van der Waals surface area contributed by atoms with E-state index in [4.69, 9.17) is 16.3 Å². The van der Waals surface area contributed by atoms with E-state index in [0.29, 0.717) is 17.2 Å². The Morgan fingerprint density at radius 2 is 2.07 bits per heavy atom. The largest absolute Gasteiger partial charge is 0.501 e. The lowest BCUT2D eigenvalue weighted by Gasteiger charge is -2.00. The molecule has 1 rings (SSSR count). The number of halogens is 1. The van der Waals surface area contributed by atoms with E-state index in [1.165, 1.54) is 6.26 Å². The molecule has 0 unspecified atom stereocenters. The third-order valence-corrected chi connectivity index (χ3v) is 1.93. The maximum Gasteiger partial charge on any atom is 0.153 e. The molecular weight excluding hydrogens is 200 g/mol. The van der Waals surface area contributed by atoms with Gasteiger partial charge in [0.05, 0.1) is 18.4 Å². The van der Waals surface area contributed by atoms with Gasteiger partial charge in [-0.2, -0.15) is 0 Å². The molecule has 2 nitrogen and oxygen atoms in total. The molecule has 0 aliphatic rings. The summed E-state index contributed by atoms with van der Waals surface area (Å²) in [6, 6.07) is 7.03. The van der Waals surface area contributed by atoms with Gasteiger partial charge in [0.2, 0.25) is 0 Å². The molecular formula is C11H11ClO2. The van der Waals surface area contributed by atoms with Crippen LogP contribution in [0.2, 0.25) is 5.02 Å². The average Bonchev–Trinajstić information content (AvgIpc) is 2.21. The fourth-order valence-electron chi connectivity index (χ4n) is 0.979. The van der Waals surface area contributed by atoms with E-state index in [1.54, 1.807) is 24.3 Å². The molecule has 0 aromatic heterocycles. The Kier molecular flexibility index (Phi) is 4.20. The average molecular weight is 211 g/mol. The van der Waals surface area contributed by atoms with Crippen LogP contribution in [-0.4, -0.2) is 12.9 Å². The second-order valence-electron chi connectivity index (χ2n) is 2.65. The van der Waals surface area contributed by atoms with Gasteiger partial charge in [0, 0.05) is 5.02 Å². The van der Waals surface area contributed by atoms with Crippen LogP contribution in [-0.2, 0) is 9.53 Å². The van der Waals surface area contributed by atoms with Crippen molar-refractivity contribution in [3.63, 3.8) is 0 Å². The van der Waals surface area contributed by atoms with E-state index in [0.717, 1.165) is 11.8 Å². The maximum atomic E-state index is 10.7. The van der Waals surface area contributed by atoms with Crippen molar-refractivity contribution in [3.8, 4) is 0 Å². The van der Waals surface area contributed by atoms with E-state index in [1.807, 2.05) is 6.92 Å². The topological polar surface area (TPSA) is 26.3 Å². The maximum absolute atomic E-state index is 10.7. The summed E-state index contributed by atoms with van der Waals surface area (Å²) in [6.45, 7) is 2.41. The molecule has 1 aromatic carbocycles. The third kappa shape index (κ3) is 2.89. The zero-order valence-electron chi connectivity index (χ0n) is 7.87. The lowest BCUT2D eigenvalue weighted by Crippen LogP contribution is -1.88. The predicted molar refractivity (Wildman–Crippen MR) is 57.1 cm³/mol. The van der Waals surface area contributed by atoms with Crippen LogP contribution in [0.25, 0.3) is 5.57 Å². The van der Waals surface area contributed by atoms with Gasteiger partial charge in [-0.3, -0.25) is 4.79 Å². The van der Waals surface area contributed by atoms with Crippen molar-refractivity contribution in [1.29, 1.82) is 0 Å². The van der Waals surface area contributed by atoms with Gasteiger partial charge in [-0.25, -0.2) is 0 Å². The molecule has 0 saturated carbocycles. The number of ether oxygens (including phenoxy) is 1. The first kappa shape index (κ1) is 10.8. The lowest BCUT2D eigenvalue weighted by molar-refractivity contribution is -0.103. The number of hydrogen-bond acceptors (Lipinski definition) is 2. The molecule has 0 heterocycles. The monoisotopic (exact) mass is 210 g/mol. The third-order valence-electron chi connectivity index (χ3n) is 1.68. The Hall–Kier alpha value is -1.28. The number of rotatable bonds is 4. The fraction of sp³-hybridized carbons (Fsp3) is 0.182. The zero-order valence-corrected chi connectivity index (χ0v) is 8.62. The Bertz CT molecular complexity index is 328. The van der Waals surface area contributed by atoms with Gasteiger partial charge in [-0.05, 0) is 24.6 Å². The van der Waals surface area contributed by atoms with Crippen LogP contribution in [0.1, 0.15) is 12.5 Å². The minimum absolute atomic E-state index is 0.517. The summed E-state index contributed by atoms with van der Waals surface area (Å²) in [5, 5.41) is 0.649. The molecule has 0 amide bonds. The van der Waals surface area contributed by atoms with Crippen LogP contribution < -0.4 is 0 Å². The van der Waals surface area contributed by atoms with Crippen molar-refractivity contribution in [3.05, 3.63) is 41.1 Å². The summed E-state index contributed by atoms with van der Waals surface area (Å²) in [7, 11) is 0. The Balaban J connectivity index is 2.89. The quantitative estimate of drug-likeness (QED) is 0.434. The van der Waals surface area contributed by atoms with Gasteiger partial charge in [-0.15, -0.1) is 0 Å². The molecule has 0 aliphatic carbocycles. The van der Waals surface area contributed by atoms with Gasteiger partial charge >= 0.3 is 0 Å². The number of hydrogen-bond donors (Lipinski definition) is 0. The van der Waals surface area contributed by atoms with Crippen molar-refractivity contribution in [2.24, 2.45) is 0 Å². The number of allylic oxidation sites excluding steroid dienone is 1. The number of carbonyl (C=O) groups is 1. The number of aldehydes is 1. The second-order valence-corrected chi connectivity index (χ2v) is 3.09. The normalized spacial score (nSPS) is 11.1. The SMILES string of the molecule is CCOC=C(C=O)c1ccc(Cl)cc1. The highest BCUT2D eigenvalue weighted by molar-refractivity contribution is 6.30. The number of benzene rings is 1. The van der Waals surface area contributed by atoms with Gasteiger partial charge in [0.15, 0.2) is 6.29 Å². The summed E-state index contributed by atoms with van der Waals surface area (Å²) in [6.07, 6.45) is 2.22. The molecule has 0 spiro atoms. The smallest absolute Gasteiger partial charge is 0.153 e. The standard InChI is InChI=1S/C11H11ClO2/c1-2-14-8-10(7-13)9-3-5-11(12)6-4-9/h3-8H,2H2,1H3. The summed E-state index contributed by atoms with van der Waals surface area (Å²) < 4.78 is 5.04. The predicted octanol–water partition coefficient (Wildman–Crippen LogP) is 2.92. The highest BCUT2D eigenvalue weighted by Gasteiger charge is 1.99. The van der Waals surface area contributed by atoms with E-state index < -0.39 is 0 Å². The second kappa shape index (κ2) is 5.45. The van der Waals surface area contributed by atoms with E-state index >= 15 is 0 Å². The molecule has 3 heteroatoms. The Morgan fingerprint density at radius 1 is 1.43 bits per heavy atom. The van der Waals surface area contributed by atoms with Crippen LogP contribution in [0.4, 0.5) is 0 Å².